The van der Waals surface area contributed by atoms with Crippen LogP contribution in [-0.2, 0) is 11.8 Å². The average molecular weight is 368 g/mol. The zero-order chi connectivity index (χ0) is 19.6. The highest BCUT2D eigenvalue weighted by molar-refractivity contribution is 5.93. The number of hydrogen-bond acceptors (Lipinski definition) is 4. The van der Waals surface area contributed by atoms with E-state index in [1.54, 1.807) is 49.8 Å². The van der Waals surface area contributed by atoms with Gasteiger partial charge in [0.2, 0.25) is 0 Å². The minimum Gasteiger partial charge on any atom is -0.444 e. The Morgan fingerprint density at radius 2 is 1.93 bits per heavy atom. The molecule has 0 saturated heterocycles. The molecule has 0 unspecified atom stereocenters. The summed E-state index contributed by atoms with van der Waals surface area (Å²) in [7, 11) is 1.82. The first-order chi connectivity index (χ1) is 12.7. The van der Waals surface area contributed by atoms with E-state index in [4.69, 9.17) is 4.74 Å². The topological polar surface area (TPSA) is 69.0 Å². The van der Waals surface area contributed by atoms with Crippen molar-refractivity contribution in [1.82, 2.24) is 14.8 Å². The number of carbonyl (C=O) groups is 1. The second-order valence-electron chi connectivity index (χ2n) is 7.11. The largest absolute Gasteiger partial charge is 0.444 e. The van der Waals surface area contributed by atoms with Crippen LogP contribution in [0, 0.1) is 5.82 Å². The molecule has 7 heteroatoms. The molecule has 0 bridgehead atoms. The molecule has 1 N–H and O–H groups in total. The molecular formula is C20H21FN4O2. The molecule has 0 fully saturated rings. The summed E-state index contributed by atoms with van der Waals surface area (Å²) in [5.41, 5.74) is 1.80. The molecule has 27 heavy (non-hydrogen) atoms. The predicted octanol–water partition coefficient (Wildman–Crippen LogP) is 4.62. The van der Waals surface area contributed by atoms with Crippen LogP contribution < -0.4 is 5.32 Å². The number of fused-ring (bicyclic) bond motifs is 1. The standard InChI is InChI=1S/C20H21FN4O2/c1-20(2,3)27-19(26)23-18-11-15-16(24-25(4)17(15)12-22-18)10-7-13-5-8-14(21)9-6-13/h5-12H,1-4H3,(H,22,23,26)/b10-7+. The molecule has 140 valence electrons. The molecule has 6 nitrogen and oxygen atoms in total. The fourth-order valence-electron chi connectivity index (χ4n) is 2.53. The number of ether oxygens (including phenoxy) is 1. The molecule has 1 aromatic carbocycles. The number of amides is 1. The van der Waals surface area contributed by atoms with Crippen molar-refractivity contribution in [1.29, 1.82) is 0 Å². The van der Waals surface area contributed by atoms with Crippen LogP contribution in [0.15, 0.2) is 36.5 Å². The third-order valence-corrected chi connectivity index (χ3v) is 3.70. The number of carbonyl (C=O) groups excluding carboxylic acids is 1. The highest BCUT2D eigenvalue weighted by atomic mass is 19.1. The fourth-order valence-corrected chi connectivity index (χ4v) is 2.53. The summed E-state index contributed by atoms with van der Waals surface area (Å²) in [6, 6.07) is 7.94. The Bertz CT molecular complexity index is 1000. The van der Waals surface area contributed by atoms with Crippen molar-refractivity contribution in [3.8, 4) is 0 Å². The van der Waals surface area contributed by atoms with E-state index in [-0.39, 0.29) is 5.82 Å². The highest BCUT2D eigenvalue weighted by Crippen LogP contribution is 2.22. The van der Waals surface area contributed by atoms with Crippen molar-refractivity contribution in [2.24, 2.45) is 7.05 Å². The molecule has 0 spiro atoms. The van der Waals surface area contributed by atoms with E-state index in [1.807, 2.05) is 19.2 Å². The number of aromatic nitrogens is 3. The number of benzene rings is 1. The number of nitrogens with zero attached hydrogens (tertiary/aromatic N) is 3. The van der Waals surface area contributed by atoms with Gasteiger partial charge in [0.05, 0.1) is 17.4 Å². The zero-order valence-corrected chi connectivity index (χ0v) is 15.7. The molecule has 0 aliphatic heterocycles. The van der Waals surface area contributed by atoms with Gasteiger partial charge in [-0.15, -0.1) is 0 Å². The van der Waals surface area contributed by atoms with Crippen LogP contribution in [0.4, 0.5) is 15.0 Å². The maximum atomic E-state index is 13.0. The number of aryl methyl sites for hydroxylation is 1. The van der Waals surface area contributed by atoms with Crippen LogP contribution in [0.1, 0.15) is 32.0 Å². The second kappa shape index (κ2) is 7.19. The number of pyridine rings is 1. The molecule has 2 aromatic heterocycles. The van der Waals surface area contributed by atoms with Gasteiger partial charge in [-0.05, 0) is 50.6 Å². The lowest BCUT2D eigenvalue weighted by atomic mass is 10.1. The molecule has 0 radical (unpaired) electrons. The van der Waals surface area contributed by atoms with E-state index in [2.05, 4.69) is 15.4 Å². The Balaban J connectivity index is 1.87. The number of anilines is 1. The minimum atomic E-state index is -0.592. The smallest absolute Gasteiger partial charge is 0.413 e. The number of halogens is 1. The van der Waals surface area contributed by atoms with Gasteiger partial charge in [0.1, 0.15) is 17.2 Å². The molecule has 2 heterocycles. The maximum absolute atomic E-state index is 13.0. The third-order valence-electron chi connectivity index (χ3n) is 3.70. The third kappa shape index (κ3) is 4.69. The first-order valence-corrected chi connectivity index (χ1v) is 8.48. The van der Waals surface area contributed by atoms with Crippen LogP contribution in [0.25, 0.3) is 23.1 Å². The van der Waals surface area contributed by atoms with Crippen LogP contribution in [0.5, 0.6) is 0 Å². The van der Waals surface area contributed by atoms with E-state index in [1.165, 1.54) is 12.1 Å². The Morgan fingerprint density at radius 1 is 1.22 bits per heavy atom. The number of hydrogen-bond donors (Lipinski definition) is 1. The van der Waals surface area contributed by atoms with Crippen molar-refractivity contribution in [2.75, 3.05) is 5.32 Å². The second-order valence-corrected chi connectivity index (χ2v) is 7.11. The van der Waals surface area contributed by atoms with Gasteiger partial charge in [-0.25, -0.2) is 14.2 Å². The summed E-state index contributed by atoms with van der Waals surface area (Å²) in [5.74, 6) is 0.0977. The van der Waals surface area contributed by atoms with E-state index in [9.17, 15) is 9.18 Å². The fraction of sp³-hybridized carbons (Fsp3) is 0.250. The van der Waals surface area contributed by atoms with Gasteiger partial charge in [-0.1, -0.05) is 18.2 Å². The molecule has 3 rings (SSSR count). The summed E-state index contributed by atoms with van der Waals surface area (Å²) >= 11 is 0. The van der Waals surface area contributed by atoms with Crippen molar-refractivity contribution >= 4 is 35.0 Å². The van der Waals surface area contributed by atoms with Crippen molar-refractivity contribution in [3.05, 3.63) is 53.6 Å². The Kier molecular flexibility index (Phi) is 4.94. The molecule has 0 saturated carbocycles. The van der Waals surface area contributed by atoms with Crippen molar-refractivity contribution in [3.63, 3.8) is 0 Å². The zero-order valence-electron chi connectivity index (χ0n) is 15.7. The lowest BCUT2D eigenvalue weighted by Crippen LogP contribution is -2.27. The lowest BCUT2D eigenvalue weighted by molar-refractivity contribution is 0.0635. The first-order valence-electron chi connectivity index (χ1n) is 8.48. The average Bonchev–Trinajstić information content (AvgIpc) is 2.88. The van der Waals surface area contributed by atoms with Crippen LogP contribution >= 0.6 is 0 Å². The van der Waals surface area contributed by atoms with Crippen LogP contribution in [-0.4, -0.2) is 26.5 Å². The molecule has 1 amide bonds. The van der Waals surface area contributed by atoms with Gasteiger partial charge in [0.25, 0.3) is 0 Å². The maximum Gasteiger partial charge on any atom is 0.413 e. The SMILES string of the molecule is Cn1nc(/C=C/c2ccc(F)cc2)c2cc(NC(=O)OC(C)(C)C)ncc21. The molecule has 0 aliphatic carbocycles. The monoisotopic (exact) mass is 368 g/mol. The van der Waals surface area contributed by atoms with Gasteiger partial charge >= 0.3 is 6.09 Å². The van der Waals surface area contributed by atoms with E-state index in [0.717, 1.165) is 16.5 Å². The summed E-state index contributed by atoms with van der Waals surface area (Å²) in [4.78, 5) is 16.2. The minimum absolute atomic E-state index is 0.278. The van der Waals surface area contributed by atoms with Gasteiger partial charge in [-0.2, -0.15) is 5.10 Å². The van der Waals surface area contributed by atoms with Crippen LogP contribution in [0.2, 0.25) is 0 Å². The molecule has 0 atom stereocenters. The van der Waals surface area contributed by atoms with Gasteiger partial charge in [0, 0.05) is 12.4 Å². The van der Waals surface area contributed by atoms with Gasteiger partial charge in [-0.3, -0.25) is 10.00 Å². The Morgan fingerprint density at radius 3 is 2.59 bits per heavy atom. The van der Waals surface area contributed by atoms with Gasteiger partial charge in [0.15, 0.2) is 0 Å². The van der Waals surface area contributed by atoms with Gasteiger partial charge < -0.3 is 4.74 Å². The van der Waals surface area contributed by atoms with E-state index in [0.29, 0.717) is 11.5 Å². The number of rotatable bonds is 3. The normalized spacial score (nSPS) is 11.9. The first kappa shape index (κ1) is 18.6. The molecule has 3 aromatic rings. The van der Waals surface area contributed by atoms with Crippen molar-refractivity contribution < 1.29 is 13.9 Å². The van der Waals surface area contributed by atoms with E-state index < -0.39 is 11.7 Å². The molecule has 0 aliphatic rings. The predicted molar refractivity (Wildman–Crippen MR) is 104 cm³/mol. The quantitative estimate of drug-likeness (QED) is 0.732. The summed E-state index contributed by atoms with van der Waals surface area (Å²) in [6.45, 7) is 5.38. The summed E-state index contributed by atoms with van der Waals surface area (Å²) < 4.78 is 20.0. The van der Waals surface area contributed by atoms with E-state index >= 15 is 0 Å². The lowest BCUT2D eigenvalue weighted by Gasteiger charge is -2.19. The summed E-state index contributed by atoms with van der Waals surface area (Å²) in [5, 5.41) is 7.94. The Labute approximate surface area is 156 Å². The highest BCUT2D eigenvalue weighted by Gasteiger charge is 2.17. The van der Waals surface area contributed by atoms with Crippen LogP contribution in [0.3, 0.4) is 0 Å². The molecular weight excluding hydrogens is 347 g/mol. The summed E-state index contributed by atoms with van der Waals surface area (Å²) in [6.07, 6.45) is 4.77. The van der Waals surface area contributed by atoms with Crippen molar-refractivity contribution in [2.45, 2.75) is 26.4 Å². The Hall–Kier alpha value is -3.22. The number of nitrogens with one attached hydrogen (secondary N) is 1.